The van der Waals surface area contributed by atoms with Crippen LogP contribution in [0.25, 0.3) is 32.9 Å². The largest absolute Gasteiger partial charge is 0.491 e. The number of rotatable bonds is 4. The Morgan fingerprint density at radius 1 is 1.00 bits per heavy atom. The SMILES string of the molecule is CCC(C)Oc1ccc(-c2cc(=O)oc3ccc4ccccc4c23)cc1. The minimum absolute atomic E-state index is 0.175. The second-order valence-corrected chi connectivity index (χ2v) is 6.50. The van der Waals surface area contributed by atoms with Crippen LogP contribution < -0.4 is 10.4 Å². The van der Waals surface area contributed by atoms with Crippen molar-refractivity contribution >= 4 is 21.7 Å². The summed E-state index contributed by atoms with van der Waals surface area (Å²) >= 11 is 0. The summed E-state index contributed by atoms with van der Waals surface area (Å²) < 4.78 is 11.3. The molecule has 0 bridgehead atoms. The van der Waals surface area contributed by atoms with Gasteiger partial charge in [-0.25, -0.2) is 4.79 Å². The first kappa shape index (κ1) is 16.4. The Morgan fingerprint density at radius 3 is 2.54 bits per heavy atom. The van der Waals surface area contributed by atoms with Crippen LogP contribution in [0.4, 0.5) is 0 Å². The zero-order valence-corrected chi connectivity index (χ0v) is 14.9. The highest BCUT2D eigenvalue weighted by Crippen LogP contribution is 2.34. The van der Waals surface area contributed by atoms with E-state index in [9.17, 15) is 4.79 Å². The van der Waals surface area contributed by atoms with Crippen LogP contribution in [0.15, 0.2) is 75.9 Å². The Bertz CT molecular complexity index is 1120. The molecule has 26 heavy (non-hydrogen) atoms. The van der Waals surface area contributed by atoms with Crippen LogP contribution in [0, 0.1) is 0 Å². The Morgan fingerprint density at radius 2 is 1.77 bits per heavy atom. The zero-order chi connectivity index (χ0) is 18.1. The third kappa shape index (κ3) is 2.97. The lowest BCUT2D eigenvalue weighted by atomic mass is 9.97. The van der Waals surface area contributed by atoms with Gasteiger partial charge in [-0.3, -0.25) is 0 Å². The van der Waals surface area contributed by atoms with Crippen molar-refractivity contribution in [3.05, 3.63) is 77.2 Å². The highest BCUT2D eigenvalue weighted by Gasteiger charge is 2.11. The summed E-state index contributed by atoms with van der Waals surface area (Å²) in [5, 5.41) is 3.15. The van der Waals surface area contributed by atoms with Gasteiger partial charge in [0.25, 0.3) is 0 Å². The van der Waals surface area contributed by atoms with E-state index in [1.54, 1.807) is 6.07 Å². The summed E-state index contributed by atoms with van der Waals surface area (Å²) in [6, 6.07) is 21.4. The molecule has 0 radical (unpaired) electrons. The van der Waals surface area contributed by atoms with Gasteiger partial charge in [0.05, 0.1) is 6.10 Å². The lowest BCUT2D eigenvalue weighted by Gasteiger charge is -2.13. The van der Waals surface area contributed by atoms with Crippen LogP contribution in [0.3, 0.4) is 0 Å². The molecule has 0 aliphatic heterocycles. The lowest BCUT2D eigenvalue weighted by Crippen LogP contribution is -2.09. The van der Waals surface area contributed by atoms with Crippen molar-refractivity contribution in [2.24, 2.45) is 0 Å². The van der Waals surface area contributed by atoms with Gasteiger partial charge < -0.3 is 9.15 Å². The molecule has 1 unspecified atom stereocenters. The number of ether oxygens (including phenoxy) is 1. The van der Waals surface area contributed by atoms with E-state index in [1.807, 2.05) is 48.5 Å². The molecule has 130 valence electrons. The highest BCUT2D eigenvalue weighted by atomic mass is 16.5. The third-order valence-electron chi connectivity index (χ3n) is 4.71. The average Bonchev–Trinajstić information content (AvgIpc) is 2.67. The standard InChI is InChI=1S/C23H20O3/c1-3-15(2)25-18-11-8-17(9-12-18)20-14-22(24)26-21-13-10-16-6-4-5-7-19(16)23(20)21/h4-15H,3H2,1-2H3. The van der Waals surface area contributed by atoms with E-state index >= 15 is 0 Å². The minimum Gasteiger partial charge on any atom is -0.491 e. The Hall–Kier alpha value is -3.07. The molecule has 0 spiro atoms. The van der Waals surface area contributed by atoms with Gasteiger partial charge in [-0.05, 0) is 47.9 Å². The molecule has 0 aliphatic carbocycles. The first-order valence-corrected chi connectivity index (χ1v) is 8.88. The van der Waals surface area contributed by atoms with Gasteiger partial charge in [0.1, 0.15) is 11.3 Å². The van der Waals surface area contributed by atoms with E-state index in [2.05, 4.69) is 26.0 Å². The molecule has 3 aromatic carbocycles. The summed E-state index contributed by atoms with van der Waals surface area (Å²) in [5.41, 5.74) is 2.10. The Labute approximate surface area is 151 Å². The van der Waals surface area contributed by atoms with Crippen LogP contribution in [-0.2, 0) is 0 Å². The molecule has 0 amide bonds. The van der Waals surface area contributed by atoms with Crippen LogP contribution in [-0.4, -0.2) is 6.10 Å². The number of benzene rings is 3. The van der Waals surface area contributed by atoms with E-state index in [0.717, 1.165) is 39.5 Å². The van der Waals surface area contributed by atoms with Crippen LogP contribution >= 0.6 is 0 Å². The number of hydrogen-bond acceptors (Lipinski definition) is 3. The fraction of sp³-hybridized carbons (Fsp3) is 0.174. The predicted octanol–water partition coefficient (Wildman–Crippen LogP) is 5.79. The van der Waals surface area contributed by atoms with Crippen molar-refractivity contribution < 1.29 is 9.15 Å². The van der Waals surface area contributed by atoms with Crippen LogP contribution in [0.5, 0.6) is 5.75 Å². The lowest BCUT2D eigenvalue weighted by molar-refractivity contribution is 0.217. The minimum atomic E-state index is -0.345. The molecule has 0 aliphatic rings. The zero-order valence-electron chi connectivity index (χ0n) is 14.9. The first-order valence-electron chi connectivity index (χ1n) is 8.88. The predicted molar refractivity (Wildman–Crippen MR) is 106 cm³/mol. The van der Waals surface area contributed by atoms with Gasteiger partial charge in [-0.15, -0.1) is 0 Å². The van der Waals surface area contributed by atoms with Crippen LogP contribution in [0.1, 0.15) is 20.3 Å². The fourth-order valence-corrected chi connectivity index (χ4v) is 3.20. The second kappa shape index (κ2) is 6.68. The molecule has 3 heteroatoms. The summed E-state index contributed by atoms with van der Waals surface area (Å²) in [4.78, 5) is 12.1. The Kier molecular flexibility index (Phi) is 4.21. The van der Waals surface area contributed by atoms with Gasteiger partial charge in [0.2, 0.25) is 0 Å². The monoisotopic (exact) mass is 344 g/mol. The maximum atomic E-state index is 12.1. The summed E-state index contributed by atoms with van der Waals surface area (Å²) in [5.74, 6) is 0.834. The average molecular weight is 344 g/mol. The molecule has 4 rings (SSSR count). The van der Waals surface area contributed by atoms with Crippen molar-refractivity contribution in [3.63, 3.8) is 0 Å². The molecule has 4 aromatic rings. The maximum absolute atomic E-state index is 12.1. The maximum Gasteiger partial charge on any atom is 0.336 e. The van der Waals surface area contributed by atoms with E-state index in [4.69, 9.17) is 9.15 Å². The summed E-state index contributed by atoms with van der Waals surface area (Å²) in [7, 11) is 0. The highest BCUT2D eigenvalue weighted by molar-refractivity contribution is 6.12. The Balaban J connectivity index is 1.90. The first-order chi connectivity index (χ1) is 12.7. The van der Waals surface area contributed by atoms with Crippen molar-refractivity contribution in [3.8, 4) is 16.9 Å². The molecule has 0 fully saturated rings. The van der Waals surface area contributed by atoms with Gasteiger partial charge >= 0.3 is 5.63 Å². The van der Waals surface area contributed by atoms with Gasteiger partial charge in [-0.1, -0.05) is 49.4 Å². The number of fused-ring (bicyclic) bond motifs is 3. The molecule has 1 aromatic heterocycles. The van der Waals surface area contributed by atoms with Gasteiger partial charge in [-0.2, -0.15) is 0 Å². The molecule has 0 saturated heterocycles. The molecular weight excluding hydrogens is 324 g/mol. The molecule has 1 heterocycles. The van der Waals surface area contributed by atoms with E-state index < -0.39 is 0 Å². The molecule has 1 atom stereocenters. The van der Waals surface area contributed by atoms with Crippen molar-refractivity contribution in [1.82, 2.24) is 0 Å². The van der Waals surface area contributed by atoms with E-state index in [-0.39, 0.29) is 11.7 Å². The number of hydrogen-bond donors (Lipinski definition) is 0. The van der Waals surface area contributed by atoms with Crippen molar-refractivity contribution in [2.75, 3.05) is 0 Å². The van der Waals surface area contributed by atoms with Gasteiger partial charge in [0.15, 0.2) is 0 Å². The molecular formula is C23H20O3. The second-order valence-electron chi connectivity index (χ2n) is 6.50. The quantitative estimate of drug-likeness (QED) is 0.347. The van der Waals surface area contributed by atoms with Gasteiger partial charge in [0, 0.05) is 17.0 Å². The molecule has 0 saturated carbocycles. The smallest absolute Gasteiger partial charge is 0.336 e. The van der Waals surface area contributed by atoms with Crippen molar-refractivity contribution in [2.45, 2.75) is 26.4 Å². The molecule has 0 N–H and O–H groups in total. The van der Waals surface area contributed by atoms with E-state index in [0.29, 0.717) is 5.58 Å². The fourth-order valence-electron chi connectivity index (χ4n) is 3.20. The third-order valence-corrected chi connectivity index (χ3v) is 4.71. The normalized spacial score (nSPS) is 12.4. The summed E-state index contributed by atoms with van der Waals surface area (Å²) in [6.45, 7) is 4.15. The topological polar surface area (TPSA) is 39.4 Å². The molecule has 3 nitrogen and oxygen atoms in total. The van der Waals surface area contributed by atoms with Crippen LogP contribution in [0.2, 0.25) is 0 Å². The van der Waals surface area contributed by atoms with Crippen molar-refractivity contribution in [1.29, 1.82) is 0 Å². The summed E-state index contributed by atoms with van der Waals surface area (Å²) in [6.07, 6.45) is 1.13. The van der Waals surface area contributed by atoms with E-state index in [1.165, 1.54) is 0 Å².